The van der Waals surface area contributed by atoms with Crippen molar-refractivity contribution >= 4 is 15.9 Å². The van der Waals surface area contributed by atoms with Crippen LogP contribution >= 0.6 is 15.9 Å². The Hall–Kier alpha value is -0.340. The summed E-state index contributed by atoms with van der Waals surface area (Å²) in [6, 6.07) is 6.30. The molecule has 0 spiro atoms. The van der Waals surface area contributed by atoms with E-state index < -0.39 is 0 Å². The maximum Gasteiger partial charge on any atom is 0.0715 e. The summed E-state index contributed by atoms with van der Waals surface area (Å²) in [6.07, 6.45) is 0. The van der Waals surface area contributed by atoms with Gasteiger partial charge in [-0.15, -0.1) is 0 Å². The van der Waals surface area contributed by atoms with Gasteiger partial charge in [0.2, 0.25) is 0 Å². The summed E-state index contributed by atoms with van der Waals surface area (Å²) < 4.78 is 5.09. The molecule has 66 valence electrons. The van der Waals surface area contributed by atoms with Crippen molar-refractivity contribution in [2.24, 2.45) is 0 Å². The molecule has 1 aromatic rings. The molecule has 0 heterocycles. The zero-order chi connectivity index (χ0) is 8.97. The molecule has 1 nitrogen and oxygen atoms in total. The second-order valence-electron chi connectivity index (χ2n) is 2.77. The zero-order valence-corrected chi connectivity index (χ0v) is 9.02. The summed E-state index contributed by atoms with van der Waals surface area (Å²) in [5.74, 6) is 0. The Labute approximate surface area is 81.9 Å². The molecule has 0 aromatic heterocycles. The fourth-order valence-corrected chi connectivity index (χ4v) is 1.80. The van der Waals surface area contributed by atoms with Crippen LogP contribution in [0.3, 0.4) is 0 Å². The second kappa shape index (κ2) is 4.63. The van der Waals surface area contributed by atoms with Gasteiger partial charge in [-0.1, -0.05) is 34.1 Å². The molecule has 0 unspecified atom stereocenters. The van der Waals surface area contributed by atoms with Crippen molar-refractivity contribution in [1.29, 1.82) is 0 Å². The van der Waals surface area contributed by atoms with Gasteiger partial charge in [0, 0.05) is 12.4 Å². The number of halogens is 1. The molecule has 0 amide bonds. The molecule has 2 heteroatoms. The highest BCUT2D eigenvalue weighted by Crippen LogP contribution is 2.16. The average molecular weight is 229 g/mol. The Morgan fingerprint density at radius 1 is 1.33 bits per heavy atom. The Morgan fingerprint density at radius 3 is 2.58 bits per heavy atom. The second-order valence-corrected chi connectivity index (χ2v) is 3.33. The highest BCUT2D eigenvalue weighted by Gasteiger charge is 2.01. The normalized spacial score (nSPS) is 10.2. The Morgan fingerprint density at radius 2 is 2.00 bits per heavy atom. The van der Waals surface area contributed by atoms with Crippen LogP contribution in [0.4, 0.5) is 0 Å². The number of benzene rings is 1. The Balaban J connectivity index is 2.97. The van der Waals surface area contributed by atoms with Crippen LogP contribution in [-0.2, 0) is 16.7 Å². The molecule has 0 bridgehead atoms. The maximum atomic E-state index is 5.09. The molecule has 12 heavy (non-hydrogen) atoms. The average Bonchev–Trinajstić information content (AvgIpc) is 2.09. The maximum absolute atomic E-state index is 5.09. The molecule has 0 N–H and O–H groups in total. The predicted molar refractivity (Wildman–Crippen MR) is 54.5 cm³/mol. The van der Waals surface area contributed by atoms with Gasteiger partial charge in [0.1, 0.15) is 0 Å². The number of rotatable bonds is 3. The van der Waals surface area contributed by atoms with Gasteiger partial charge in [-0.25, -0.2) is 0 Å². The Kier molecular flexibility index (Phi) is 3.76. The lowest BCUT2D eigenvalue weighted by atomic mass is 10.0. The van der Waals surface area contributed by atoms with Gasteiger partial charge in [0.15, 0.2) is 0 Å². The van der Waals surface area contributed by atoms with E-state index in [1.165, 1.54) is 16.7 Å². The van der Waals surface area contributed by atoms with E-state index in [1.54, 1.807) is 7.11 Å². The molecule has 1 aromatic carbocycles. The van der Waals surface area contributed by atoms with Gasteiger partial charge < -0.3 is 4.74 Å². The number of alkyl halides is 1. The molecule has 0 radical (unpaired) electrons. The van der Waals surface area contributed by atoms with Crippen molar-refractivity contribution in [3.63, 3.8) is 0 Å². The molecule has 0 fully saturated rings. The van der Waals surface area contributed by atoms with Crippen molar-refractivity contribution in [3.8, 4) is 0 Å². The summed E-state index contributed by atoms with van der Waals surface area (Å²) >= 11 is 3.45. The monoisotopic (exact) mass is 228 g/mol. The van der Waals surface area contributed by atoms with Crippen molar-refractivity contribution in [2.75, 3.05) is 7.11 Å². The van der Waals surface area contributed by atoms with E-state index in [0.717, 1.165) is 5.33 Å². The van der Waals surface area contributed by atoms with Gasteiger partial charge in [0.25, 0.3) is 0 Å². The zero-order valence-electron chi connectivity index (χ0n) is 7.43. The standard InChI is InChI=1S/C10H13BrO/c1-8-9(6-11)4-3-5-10(8)7-12-2/h3-5H,6-7H2,1-2H3. The molecule has 0 aliphatic carbocycles. The van der Waals surface area contributed by atoms with E-state index in [4.69, 9.17) is 4.74 Å². The van der Waals surface area contributed by atoms with E-state index in [1.807, 2.05) is 0 Å². The SMILES string of the molecule is COCc1cccc(CBr)c1C. The quantitative estimate of drug-likeness (QED) is 0.724. The van der Waals surface area contributed by atoms with Crippen LogP contribution < -0.4 is 0 Å². The molecular weight excluding hydrogens is 216 g/mol. The molecule has 0 atom stereocenters. The third kappa shape index (κ3) is 2.08. The minimum Gasteiger partial charge on any atom is -0.380 e. The van der Waals surface area contributed by atoms with E-state index >= 15 is 0 Å². The van der Waals surface area contributed by atoms with E-state index in [9.17, 15) is 0 Å². The first-order valence-electron chi connectivity index (χ1n) is 3.92. The number of methoxy groups -OCH3 is 1. The third-order valence-corrected chi connectivity index (χ3v) is 2.61. The van der Waals surface area contributed by atoms with Crippen LogP contribution in [0.25, 0.3) is 0 Å². The summed E-state index contributed by atoms with van der Waals surface area (Å²) in [5, 5.41) is 0.913. The molecule has 1 rings (SSSR count). The first-order valence-corrected chi connectivity index (χ1v) is 5.04. The summed E-state index contributed by atoms with van der Waals surface area (Å²) in [4.78, 5) is 0. The number of ether oxygens (including phenoxy) is 1. The number of hydrogen-bond donors (Lipinski definition) is 0. The summed E-state index contributed by atoms with van der Waals surface area (Å²) in [5.41, 5.74) is 3.94. The van der Waals surface area contributed by atoms with Gasteiger partial charge in [-0.2, -0.15) is 0 Å². The van der Waals surface area contributed by atoms with E-state index in [-0.39, 0.29) is 0 Å². The van der Waals surface area contributed by atoms with Crippen molar-refractivity contribution in [2.45, 2.75) is 18.9 Å². The topological polar surface area (TPSA) is 9.23 Å². The lowest BCUT2D eigenvalue weighted by Crippen LogP contribution is -1.94. The third-order valence-electron chi connectivity index (χ3n) is 2.00. The van der Waals surface area contributed by atoms with Crippen LogP contribution in [-0.4, -0.2) is 7.11 Å². The molecular formula is C10H13BrO. The number of hydrogen-bond acceptors (Lipinski definition) is 1. The fraction of sp³-hybridized carbons (Fsp3) is 0.400. The molecule has 0 aliphatic rings. The highest BCUT2D eigenvalue weighted by atomic mass is 79.9. The van der Waals surface area contributed by atoms with Crippen LogP contribution in [0.2, 0.25) is 0 Å². The van der Waals surface area contributed by atoms with Crippen LogP contribution in [0.1, 0.15) is 16.7 Å². The van der Waals surface area contributed by atoms with Gasteiger partial charge >= 0.3 is 0 Å². The van der Waals surface area contributed by atoms with E-state index in [2.05, 4.69) is 41.1 Å². The first kappa shape index (κ1) is 9.75. The molecule has 0 saturated carbocycles. The lowest BCUT2D eigenvalue weighted by Gasteiger charge is -2.07. The highest BCUT2D eigenvalue weighted by molar-refractivity contribution is 9.08. The minimum absolute atomic E-state index is 0.701. The summed E-state index contributed by atoms with van der Waals surface area (Å²) in [6.45, 7) is 2.83. The molecule has 0 aliphatic heterocycles. The predicted octanol–water partition coefficient (Wildman–Crippen LogP) is 3.04. The van der Waals surface area contributed by atoms with Crippen LogP contribution in [0, 0.1) is 6.92 Å². The summed E-state index contributed by atoms with van der Waals surface area (Å²) in [7, 11) is 1.72. The minimum atomic E-state index is 0.701. The largest absolute Gasteiger partial charge is 0.380 e. The van der Waals surface area contributed by atoms with Gasteiger partial charge in [-0.3, -0.25) is 0 Å². The van der Waals surface area contributed by atoms with Crippen LogP contribution in [0.5, 0.6) is 0 Å². The molecule has 0 saturated heterocycles. The fourth-order valence-electron chi connectivity index (χ4n) is 1.19. The Bertz CT molecular complexity index is 258. The smallest absolute Gasteiger partial charge is 0.0715 e. The van der Waals surface area contributed by atoms with Gasteiger partial charge in [0.05, 0.1) is 6.61 Å². The van der Waals surface area contributed by atoms with Crippen LogP contribution in [0.15, 0.2) is 18.2 Å². The van der Waals surface area contributed by atoms with Crippen molar-refractivity contribution < 1.29 is 4.74 Å². The van der Waals surface area contributed by atoms with Crippen molar-refractivity contribution in [1.82, 2.24) is 0 Å². The lowest BCUT2D eigenvalue weighted by molar-refractivity contribution is 0.184. The van der Waals surface area contributed by atoms with E-state index in [0.29, 0.717) is 6.61 Å². The first-order chi connectivity index (χ1) is 5.79. The van der Waals surface area contributed by atoms with Crippen molar-refractivity contribution in [3.05, 3.63) is 34.9 Å². The van der Waals surface area contributed by atoms with Gasteiger partial charge in [-0.05, 0) is 23.6 Å².